The highest BCUT2D eigenvalue weighted by Crippen LogP contribution is 2.40. The second-order valence-corrected chi connectivity index (χ2v) is 6.89. The summed E-state index contributed by atoms with van der Waals surface area (Å²) in [5.41, 5.74) is 3.66. The second kappa shape index (κ2) is 7.77. The van der Waals surface area contributed by atoms with Gasteiger partial charge in [-0.1, -0.05) is 19.1 Å². The maximum Gasteiger partial charge on any atom is 0.203 e. The third-order valence-corrected chi connectivity index (χ3v) is 4.85. The number of nitrogens with zero attached hydrogens (tertiary/aromatic N) is 2. The summed E-state index contributed by atoms with van der Waals surface area (Å²) in [6.07, 6.45) is 0. The molecule has 1 heterocycles. The van der Waals surface area contributed by atoms with Crippen molar-refractivity contribution in [3.63, 3.8) is 0 Å². The monoisotopic (exact) mass is 356 g/mol. The SMILES string of the molecule is COc1cc(CN2CC(C)CN(C)c3ccccc32)cc(OC)c1OC. The molecule has 1 aliphatic rings. The van der Waals surface area contributed by atoms with E-state index in [-0.39, 0.29) is 0 Å². The van der Waals surface area contributed by atoms with Crippen LogP contribution in [0.25, 0.3) is 0 Å². The molecule has 0 aliphatic carbocycles. The van der Waals surface area contributed by atoms with Crippen LogP contribution in [-0.4, -0.2) is 41.5 Å². The molecule has 1 unspecified atom stereocenters. The number of hydrogen-bond donors (Lipinski definition) is 0. The van der Waals surface area contributed by atoms with Gasteiger partial charge in [-0.15, -0.1) is 0 Å². The smallest absolute Gasteiger partial charge is 0.203 e. The average Bonchev–Trinajstić information content (AvgIpc) is 2.77. The molecule has 3 rings (SSSR count). The van der Waals surface area contributed by atoms with Crippen molar-refractivity contribution in [3.8, 4) is 17.2 Å². The van der Waals surface area contributed by atoms with Gasteiger partial charge in [-0.3, -0.25) is 0 Å². The molecule has 0 spiro atoms. The fourth-order valence-electron chi connectivity index (χ4n) is 3.75. The fourth-order valence-corrected chi connectivity index (χ4v) is 3.75. The highest BCUT2D eigenvalue weighted by atomic mass is 16.5. The normalized spacial score (nSPS) is 16.7. The Labute approximate surface area is 156 Å². The number of ether oxygens (including phenoxy) is 3. The second-order valence-electron chi connectivity index (χ2n) is 6.89. The minimum absolute atomic E-state index is 0.564. The first-order chi connectivity index (χ1) is 12.6. The van der Waals surface area contributed by atoms with Gasteiger partial charge in [0, 0.05) is 26.7 Å². The van der Waals surface area contributed by atoms with E-state index < -0.39 is 0 Å². The Balaban J connectivity index is 1.98. The molecule has 0 saturated heterocycles. The third-order valence-electron chi connectivity index (χ3n) is 4.85. The van der Waals surface area contributed by atoms with Gasteiger partial charge in [-0.2, -0.15) is 0 Å². The van der Waals surface area contributed by atoms with Crippen LogP contribution < -0.4 is 24.0 Å². The highest BCUT2D eigenvalue weighted by Gasteiger charge is 2.23. The van der Waals surface area contributed by atoms with Gasteiger partial charge in [-0.25, -0.2) is 0 Å². The van der Waals surface area contributed by atoms with Crippen LogP contribution in [0.3, 0.4) is 0 Å². The highest BCUT2D eigenvalue weighted by molar-refractivity contribution is 5.72. The summed E-state index contributed by atoms with van der Waals surface area (Å²) in [5, 5.41) is 0. The van der Waals surface area contributed by atoms with E-state index in [9.17, 15) is 0 Å². The number of benzene rings is 2. The van der Waals surface area contributed by atoms with Crippen LogP contribution in [0.2, 0.25) is 0 Å². The van der Waals surface area contributed by atoms with E-state index in [2.05, 4.69) is 48.0 Å². The summed E-state index contributed by atoms with van der Waals surface area (Å²) in [5.74, 6) is 2.57. The molecule has 0 radical (unpaired) electrons. The molecule has 5 nitrogen and oxygen atoms in total. The molecule has 26 heavy (non-hydrogen) atoms. The van der Waals surface area contributed by atoms with Crippen LogP contribution in [-0.2, 0) is 6.54 Å². The standard InChI is InChI=1S/C21H28N2O3/c1-15-12-22(2)17-8-6-7-9-18(17)23(13-15)14-16-10-19(24-3)21(26-5)20(11-16)25-4/h6-11,15H,12-14H2,1-5H3. The van der Waals surface area contributed by atoms with E-state index in [0.717, 1.165) is 25.2 Å². The lowest BCUT2D eigenvalue weighted by molar-refractivity contribution is 0.323. The molecule has 140 valence electrons. The predicted molar refractivity (Wildman–Crippen MR) is 106 cm³/mol. The molecule has 5 heteroatoms. The Kier molecular flexibility index (Phi) is 5.45. The summed E-state index contributed by atoms with van der Waals surface area (Å²) < 4.78 is 16.5. The number of anilines is 2. The zero-order valence-electron chi connectivity index (χ0n) is 16.3. The molecule has 0 amide bonds. The molecule has 0 saturated carbocycles. The van der Waals surface area contributed by atoms with Gasteiger partial charge in [0.15, 0.2) is 11.5 Å². The van der Waals surface area contributed by atoms with Crippen molar-refractivity contribution in [2.24, 2.45) is 5.92 Å². The van der Waals surface area contributed by atoms with Crippen LogP contribution in [0.15, 0.2) is 36.4 Å². The quantitative estimate of drug-likeness (QED) is 0.814. The number of hydrogen-bond acceptors (Lipinski definition) is 5. The minimum atomic E-state index is 0.564. The fraction of sp³-hybridized carbons (Fsp3) is 0.429. The van der Waals surface area contributed by atoms with Crippen LogP contribution in [0.4, 0.5) is 11.4 Å². The summed E-state index contributed by atoms with van der Waals surface area (Å²) in [7, 11) is 7.10. The van der Waals surface area contributed by atoms with Gasteiger partial charge in [0.05, 0.1) is 32.7 Å². The molecule has 2 aromatic carbocycles. The molecule has 2 aromatic rings. The first kappa shape index (κ1) is 18.2. The van der Waals surface area contributed by atoms with E-state index in [1.54, 1.807) is 21.3 Å². The summed E-state index contributed by atoms with van der Waals surface area (Å²) in [6.45, 7) is 5.12. The van der Waals surface area contributed by atoms with Gasteiger partial charge in [-0.05, 0) is 35.7 Å². The van der Waals surface area contributed by atoms with E-state index in [4.69, 9.17) is 14.2 Å². The van der Waals surface area contributed by atoms with Gasteiger partial charge < -0.3 is 24.0 Å². The van der Waals surface area contributed by atoms with Gasteiger partial charge in [0.25, 0.3) is 0 Å². The maximum absolute atomic E-state index is 5.51. The Hall–Kier alpha value is -2.56. The Morgan fingerprint density at radius 1 is 0.923 bits per heavy atom. The van der Waals surface area contributed by atoms with Gasteiger partial charge in [0.2, 0.25) is 5.75 Å². The Bertz CT molecular complexity index is 738. The van der Waals surface area contributed by atoms with E-state index in [1.807, 2.05) is 12.1 Å². The molecule has 0 fully saturated rings. The molecule has 0 bridgehead atoms. The van der Waals surface area contributed by atoms with Gasteiger partial charge in [0.1, 0.15) is 0 Å². The van der Waals surface area contributed by atoms with Crippen molar-refractivity contribution >= 4 is 11.4 Å². The van der Waals surface area contributed by atoms with Crippen molar-refractivity contribution < 1.29 is 14.2 Å². The topological polar surface area (TPSA) is 34.2 Å². The molecule has 1 atom stereocenters. The van der Waals surface area contributed by atoms with Crippen LogP contribution >= 0.6 is 0 Å². The summed E-state index contributed by atoms with van der Waals surface area (Å²) in [4.78, 5) is 4.78. The molecular formula is C21H28N2O3. The van der Waals surface area contributed by atoms with E-state index in [0.29, 0.717) is 23.2 Å². The molecular weight excluding hydrogens is 328 g/mol. The largest absolute Gasteiger partial charge is 0.493 e. The summed E-state index contributed by atoms with van der Waals surface area (Å²) in [6, 6.07) is 12.7. The van der Waals surface area contributed by atoms with Crippen LogP contribution in [0, 0.1) is 5.92 Å². The zero-order chi connectivity index (χ0) is 18.7. The Morgan fingerprint density at radius 3 is 2.12 bits per heavy atom. The third kappa shape index (κ3) is 3.52. The number of fused-ring (bicyclic) bond motifs is 1. The van der Waals surface area contributed by atoms with Gasteiger partial charge >= 0.3 is 0 Å². The zero-order valence-corrected chi connectivity index (χ0v) is 16.3. The average molecular weight is 356 g/mol. The van der Waals surface area contributed by atoms with Crippen molar-refractivity contribution in [2.75, 3.05) is 51.3 Å². The van der Waals surface area contributed by atoms with Crippen LogP contribution in [0.1, 0.15) is 12.5 Å². The minimum Gasteiger partial charge on any atom is -0.493 e. The van der Waals surface area contributed by atoms with E-state index in [1.165, 1.54) is 11.4 Å². The molecule has 0 N–H and O–H groups in total. The molecule has 1 aliphatic heterocycles. The number of methoxy groups -OCH3 is 3. The lowest BCUT2D eigenvalue weighted by Gasteiger charge is -2.27. The lowest BCUT2D eigenvalue weighted by atomic mass is 10.1. The predicted octanol–water partition coefficient (Wildman–Crippen LogP) is 3.80. The number of rotatable bonds is 5. The first-order valence-electron chi connectivity index (χ1n) is 8.91. The van der Waals surface area contributed by atoms with E-state index >= 15 is 0 Å². The number of para-hydroxylation sites is 2. The van der Waals surface area contributed by atoms with Crippen molar-refractivity contribution in [3.05, 3.63) is 42.0 Å². The summed E-state index contributed by atoms with van der Waals surface area (Å²) >= 11 is 0. The van der Waals surface area contributed by atoms with Crippen molar-refractivity contribution in [1.29, 1.82) is 0 Å². The van der Waals surface area contributed by atoms with Crippen molar-refractivity contribution in [1.82, 2.24) is 0 Å². The Morgan fingerprint density at radius 2 is 1.54 bits per heavy atom. The molecule has 0 aromatic heterocycles. The van der Waals surface area contributed by atoms with Crippen molar-refractivity contribution in [2.45, 2.75) is 13.5 Å². The van der Waals surface area contributed by atoms with Crippen LogP contribution in [0.5, 0.6) is 17.2 Å². The lowest BCUT2D eigenvalue weighted by Crippen LogP contribution is -2.29. The first-order valence-corrected chi connectivity index (χ1v) is 8.91. The maximum atomic E-state index is 5.51.